The molecule has 0 saturated carbocycles. The average Bonchev–Trinajstić information content (AvgIpc) is 3.29. The van der Waals surface area contributed by atoms with Gasteiger partial charge in [-0.25, -0.2) is 4.98 Å². The van der Waals surface area contributed by atoms with Crippen LogP contribution >= 0.6 is 0 Å². The molecule has 2 N–H and O–H groups in total. The van der Waals surface area contributed by atoms with E-state index in [-0.39, 0.29) is 23.0 Å². The maximum absolute atomic E-state index is 12.3. The van der Waals surface area contributed by atoms with Gasteiger partial charge in [0, 0.05) is 31.4 Å². The highest BCUT2D eigenvalue weighted by atomic mass is 32.2. The molecule has 8 heteroatoms. The second-order valence-electron chi connectivity index (χ2n) is 10.3. The van der Waals surface area contributed by atoms with E-state index >= 15 is 0 Å². The van der Waals surface area contributed by atoms with E-state index in [1.165, 1.54) is 23.8 Å². The van der Waals surface area contributed by atoms with Crippen molar-refractivity contribution in [2.24, 2.45) is 5.41 Å². The average molecular weight is 484 g/mol. The smallest absolute Gasteiger partial charge is 0.287 e. The number of hydrogen-bond acceptors (Lipinski definition) is 5. The monoisotopic (exact) mass is 483 g/mol. The SMILES string of the molecule is CC1(C)CC=C(C/C=C(\C=C/CNC(=O)c2nc(C#N)c[nH]2)C(C)(C)N2CC[S+]([O-])CC2)CC1. The van der Waals surface area contributed by atoms with E-state index < -0.39 is 11.2 Å². The molecule has 0 bridgehead atoms. The molecule has 34 heavy (non-hydrogen) atoms. The van der Waals surface area contributed by atoms with Crippen LogP contribution in [0.1, 0.15) is 69.7 Å². The van der Waals surface area contributed by atoms with E-state index in [1.54, 1.807) is 0 Å². The number of nitrogens with zero attached hydrogens (tertiary/aromatic N) is 3. The molecule has 0 radical (unpaired) electrons. The van der Waals surface area contributed by atoms with Gasteiger partial charge in [0.15, 0.2) is 11.5 Å². The molecule has 1 aromatic rings. The molecule has 1 aliphatic carbocycles. The molecular formula is C26H37N5O2S. The van der Waals surface area contributed by atoms with Crippen molar-refractivity contribution in [3.63, 3.8) is 0 Å². The van der Waals surface area contributed by atoms with Gasteiger partial charge in [-0.1, -0.05) is 54.9 Å². The summed E-state index contributed by atoms with van der Waals surface area (Å²) in [7, 11) is 0. The standard InChI is InChI=1S/C26H37N5O2S/c1-25(2)11-9-20(10-12-25)7-8-21(26(3,4)31-14-16-34(33)17-15-31)6-5-13-28-24(32)23-29-19-22(18-27)30-23/h5-6,8-9,19H,7,10-17H2,1-4H3,(H,28,32)(H,29,30)/b6-5-,21-8+. The number of carbonyl (C=O) groups is 1. The van der Waals surface area contributed by atoms with Gasteiger partial charge in [0.1, 0.15) is 17.6 Å². The number of nitriles is 1. The fourth-order valence-corrected chi connectivity index (χ4v) is 5.42. The van der Waals surface area contributed by atoms with Crippen LogP contribution in [-0.2, 0) is 11.2 Å². The number of nitrogens with one attached hydrogen (secondary N) is 2. The van der Waals surface area contributed by atoms with E-state index in [4.69, 9.17) is 5.26 Å². The number of carbonyl (C=O) groups excluding carboxylic acids is 1. The zero-order valence-corrected chi connectivity index (χ0v) is 21.6. The summed E-state index contributed by atoms with van der Waals surface area (Å²) in [6.07, 6.45) is 14.6. The maximum Gasteiger partial charge on any atom is 0.287 e. The van der Waals surface area contributed by atoms with Crippen molar-refractivity contribution in [1.82, 2.24) is 20.2 Å². The maximum atomic E-state index is 12.3. The summed E-state index contributed by atoms with van der Waals surface area (Å²) in [5.41, 5.74) is 3.06. The van der Waals surface area contributed by atoms with Gasteiger partial charge in [0.25, 0.3) is 5.91 Å². The molecule has 1 amide bonds. The Labute approximate surface area is 206 Å². The molecule has 1 saturated heterocycles. The third kappa shape index (κ3) is 7.08. The number of amides is 1. The quantitative estimate of drug-likeness (QED) is 0.332. The van der Waals surface area contributed by atoms with Crippen molar-refractivity contribution in [2.75, 3.05) is 31.1 Å². The lowest BCUT2D eigenvalue weighted by molar-refractivity contribution is 0.0948. The van der Waals surface area contributed by atoms with E-state index in [0.29, 0.717) is 23.5 Å². The van der Waals surface area contributed by atoms with Crippen LogP contribution in [0.5, 0.6) is 0 Å². The van der Waals surface area contributed by atoms with Crippen LogP contribution in [0.2, 0.25) is 0 Å². The summed E-state index contributed by atoms with van der Waals surface area (Å²) < 4.78 is 11.9. The topological polar surface area (TPSA) is 108 Å². The largest absolute Gasteiger partial charge is 0.616 e. The third-order valence-electron chi connectivity index (χ3n) is 6.91. The first-order valence-corrected chi connectivity index (χ1v) is 13.5. The zero-order valence-electron chi connectivity index (χ0n) is 20.8. The van der Waals surface area contributed by atoms with Crippen molar-refractivity contribution in [3.05, 3.63) is 53.2 Å². The number of hydrogen-bond donors (Lipinski definition) is 2. The van der Waals surface area contributed by atoms with E-state index in [0.717, 1.165) is 32.4 Å². The molecule has 0 atom stereocenters. The minimum absolute atomic E-state index is 0.134. The Morgan fingerprint density at radius 2 is 2.15 bits per heavy atom. The molecule has 0 spiro atoms. The molecule has 184 valence electrons. The Balaban J connectivity index is 1.69. The first-order valence-electron chi connectivity index (χ1n) is 12.0. The van der Waals surface area contributed by atoms with Crippen molar-refractivity contribution in [3.8, 4) is 6.07 Å². The van der Waals surface area contributed by atoms with Crippen LogP contribution in [0.4, 0.5) is 0 Å². The second-order valence-corrected chi connectivity index (χ2v) is 12.0. The summed E-state index contributed by atoms with van der Waals surface area (Å²) >= 11 is -0.718. The van der Waals surface area contributed by atoms with Gasteiger partial charge < -0.3 is 14.9 Å². The van der Waals surface area contributed by atoms with Crippen LogP contribution in [0.15, 0.2) is 41.6 Å². The lowest BCUT2D eigenvalue weighted by atomic mass is 9.77. The normalized spacial score (nSPS) is 20.2. The fourth-order valence-electron chi connectivity index (χ4n) is 4.37. The lowest BCUT2D eigenvalue weighted by Gasteiger charge is -2.42. The number of aromatic nitrogens is 2. The molecule has 0 aromatic carbocycles. The van der Waals surface area contributed by atoms with Gasteiger partial charge in [0.2, 0.25) is 0 Å². The molecule has 1 fully saturated rings. The summed E-state index contributed by atoms with van der Waals surface area (Å²) in [5.74, 6) is 1.22. The Hall–Kier alpha value is -2.34. The minimum Gasteiger partial charge on any atom is -0.616 e. The summed E-state index contributed by atoms with van der Waals surface area (Å²) in [6.45, 7) is 11.1. The van der Waals surface area contributed by atoms with Crippen molar-refractivity contribution < 1.29 is 9.35 Å². The minimum atomic E-state index is -0.718. The fraction of sp³-hybridized carbons (Fsp3) is 0.577. The van der Waals surface area contributed by atoms with Crippen LogP contribution < -0.4 is 5.32 Å². The van der Waals surface area contributed by atoms with Gasteiger partial charge in [-0.3, -0.25) is 9.69 Å². The molecular weight excluding hydrogens is 446 g/mol. The molecule has 2 heterocycles. The van der Waals surface area contributed by atoms with Crippen LogP contribution in [0, 0.1) is 16.7 Å². The molecule has 1 aliphatic heterocycles. The number of H-pyrrole nitrogens is 1. The predicted octanol–water partition coefficient (Wildman–Crippen LogP) is 3.86. The van der Waals surface area contributed by atoms with Gasteiger partial charge >= 0.3 is 0 Å². The summed E-state index contributed by atoms with van der Waals surface area (Å²) in [4.78, 5) is 21.3. The Bertz CT molecular complexity index is 991. The number of aromatic amines is 1. The van der Waals surface area contributed by atoms with E-state index in [1.807, 2.05) is 12.1 Å². The first-order chi connectivity index (χ1) is 16.1. The van der Waals surface area contributed by atoms with Crippen molar-refractivity contribution in [1.29, 1.82) is 5.26 Å². The molecule has 0 unspecified atom stereocenters. The highest BCUT2D eigenvalue weighted by Gasteiger charge is 2.33. The first kappa shape index (κ1) is 26.3. The van der Waals surface area contributed by atoms with Crippen LogP contribution in [-0.4, -0.2) is 62.0 Å². The van der Waals surface area contributed by atoms with E-state index in [2.05, 4.69) is 66.1 Å². The Morgan fingerprint density at radius 1 is 1.41 bits per heavy atom. The van der Waals surface area contributed by atoms with Gasteiger partial charge in [-0.05, 0) is 50.5 Å². The number of rotatable bonds is 8. The Kier molecular flexibility index (Phi) is 8.80. The van der Waals surface area contributed by atoms with Crippen molar-refractivity contribution >= 4 is 17.1 Å². The second kappa shape index (κ2) is 11.4. The van der Waals surface area contributed by atoms with Crippen LogP contribution in [0.3, 0.4) is 0 Å². The number of allylic oxidation sites excluding steroid dienone is 3. The van der Waals surface area contributed by atoms with Crippen LogP contribution in [0.25, 0.3) is 0 Å². The van der Waals surface area contributed by atoms with Gasteiger partial charge in [0.05, 0.1) is 0 Å². The Morgan fingerprint density at radius 3 is 2.76 bits per heavy atom. The summed E-state index contributed by atoms with van der Waals surface area (Å²) in [5, 5.41) is 11.7. The zero-order chi connectivity index (χ0) is 24.8. The van der Waals surface area contributed by atoms with Gasteiger partial charge in [-0.15, -0.1) is 0 Å². The molecule has 1 aromatic heterocycles. The van der Waals surface area contributed by atoms with Gasteiger partial charge in [-0.2, -0.15) is 5.26 Å². The van der Waals surface area contributed by atoms with Crippen molar-refractivity contribution in [2.45, 2.75) is 58.9 Å². The molecule has 2 aliphatic rings. The van der Waals surface area contributed by atoms with E-state index in [9.17, 15) is 9.35 Å². The highest BCUT2D eigenvalue weighted by Crippen LogP contribution is 2.36. The molecule has 3 rings (SSSR count). The number of imidazole rings is 1. The summed E-state index contributed by atoms with van der Waals surface area (Å²) in [6, 6.07) is 1.91. The lowest BCUT2D eigenvalue weighted by Crippen LogP contribution is -2.52. The third-order valence-corrected chi connectivity index (χ3v) is 8.19. The highest BCUT2D eigenvalue weighted by molar-refractivity contribution is 7.91. The predicted molar refractivity (Wildman–Crippen MR) is 137 cm³/mol. The molecule has 7 nitrogen and oxygen atoms in total.